The molecule has 102 valence electrons. The van der Waals surface area contributed by atoms with Crippen molar-refractivity contribution in [2.45, 2.75) is 45.6 Å². The van der Waals surface area contributed by atoms with Crippen LogP contribution in [0.5, 0.6) is 0 Å². The van der Waals surface area contributed by atoms with Gasteiger partial charge in [0.05, 0.1) is 5.54 Å². The van der Waals surface area contributed by atoms with Gasteiger partial charge in [-0.05, 0) is 36.5 Å². The van der Waals surface area contributed by atoms with Crippen LogP contribution >= 0.6 is 0 Å². The van der Waals surface area contributed by atoms with Gasteiger partial charge in [-0.2, -0.15) is 0 Å². The summed E-state index contributed by atoms with van der Waals surface area (Å²) in [5.74, 6) is -0.0499. The van der Waals surface area contributed by atoms with E-state index in [2.05, 4.69) is 43.8 Å². The maximum absolute atomic E-state index is 11.8. The molecule has 0 bridgehead atoms. The van der Waals surface area contributed by atoms with Gasteiger partial charge in [0, 0.05) is 5.57 Å². The lowest BCUT2D eigenvalue weighted by atomic mass is 9.85. The molecule has 19 heavy (non-hydrogen) atoms. The van der Waals surface area contributed by atoms with E-state index in [1.54, 1.807) is 0 Å². The average Bonchev–Trinajstić information content (AvgIpc) is 2.56. The highest BCUT2D eigenvalue weighted by Crippen LogP contribution is 2.26. The third kappa shape index (κ3) is 2.87. The maximum atomic E-state index is 11.8. The second-order valence-corrected chi connectivity index (χ2v) is 6.64. The van der Waals surface area contributed by atoms with Gasteiger partial charge >= 0.3 is 0 Å². The van der Waals surface area contributed by atoms with E-state index in [0.29, 0.717) is 0 Å². The van der Waals surface area contributed by atoms with Crippen LogP contribution in [0.25, 0.3) is 6.08 Å². The van der Waals surface area contributed by atoms with Gasteiger partial charge in [0.25, 0.3) is 5.91 Å². The molecule has 3 heteroatoms. The van der Waals surface area contributed by atoms with E-state index in [-0.39, 0.29) is 16.9 Å². The highest BCUT2D eigenvalue weighted by molar-refractivity contribution is 6.01. The number of carbonyl (C=O) groups excluding carboxylic acids is 1. The van der Waals surface area contributed by atoms with E-state index in [9.17, 15) is 4.79 Å². The molecule has 1 aliphatic rings. The number of hydrogen-bond acceptors (Lipinski definition) is 2. The van der Waals surface area contributed by atoms with Crippen LogP contribution in [0.4, 0.5) is 0 Å². The lowest BCUT2D eigenvalue weighted by molar-refractivity contribution is -0.116. The van der Waals surface area contributed by atoms with Gasteiger partial charge in [0.2, 0.25) is 0 Å². The van der Waals surface area contributed by atoms with Gasteiger partial charge < -0.3 is 0 Å². The van der Waals surface area contributed by atoms with Crippen LogP contribution in [-0.4, -0.2) is 11.4 Å². The first-order chi connectivity index (χ1) is 8.70. The summed E-state index contributed by atoms with van der Waals surface area (Å²) in [6, 6.07) is 8.35. The molecule has 1 amide bonds. The van der Waals surface area contributed by atoms with E-state index in [1.807, 2.05) is 32.1 Å². The molecule has 1 aliphatic heterocycles. The predicted octanol–water partition coefficient (Wildman–Crippen LogP) is 2.78. The van der Waals surface area contributed by atoms with Gasteiger partial charge in [0.1, 0.15) is 0 Å². The fourth-order valence-electron chi connectivity index (χ4n) is 2.14. The Labute approximate surface area is 115 Å². The smallest absolute Gasteiger partial charge is 0.263 e. The summed E-state index contributed by atoms with van der Waals surface area (Å²) in [6.45, 7) is 10.5. The Hall–Kier alpha value is -1.61. The van der Waals surface area contributed by atoms with Crippen molar-refractivity contribution < 1.29 is 4.79 Å². The van der Waals surface area contributed by atoms with Gasteiger partial charge in [-0.15, -0.1) is 0 Å². The fraction of sp³-hybridized carbons (Fsp3) is 0.438. The monoisotopic (exact) mass is 258 g/mol. The van der Waals surface area contributed by atoms with Crippen molar-refractivity contribution in [3.05, 3.63) is 41.0 Å². The van der Waals surface area contributed by atoms with Crippen LogP contribution in [-0.2, 0) is 10.2 Å². The number of amides is 1. The number of nitrogens with one attached hydrogen (secondary N) is 2. The molecule has 1 saturated heterocycles. The topological polar surface area (TPSA) is 41.1 Å². The van der Waals surface area contributed by atoms with Gasteiger partial charge in [-0.25, -0.2) is 5.43 Å². The first-order valence-electron chi connectivity index (χ1n) is 6.60. The largest absolute Gasteiger partial charge is 0.287 e. The molecule has 0 aromatic heterocycles. The summed E-state index contributed by atoms with van der Waals surface area (Å²) in [7, 11) is 0. The third-order valence-corrected chi connectivity index (χ3v) is 3.47. The van der Waals surface area contributed by atoms with Crippen molar-refractivity contribution >= 4 is 12.0 Å². The molecule has 1 fully saturated rings. The van der Waals surface area contributed by atoms with Crippen molar-refractivity contribution in [1.82, 2.24) is 10.9 Å². The predicted molar refractivity (Wildman–Crippen MR) is 78.5 cm³/mol. The first kappa shape index (κ1) is 13.8. The summed E-state index contributed by atoms with van der Waals surface area (Å²) >= 11 is 0. The first-order valence-corrected chi connectivity index (χ1v) is 6.60. The van der Waals surface area contributed by atoms with E-state index in [4.69, 9.17) is 0 Å². The van der Waals surface area contributed by atoms with E-state index < -0.39 is 0 Å². The summed E-state index contributed by atoms with van der Waals surface area (Å²) in [5, 5.41) is 0. The summed E-state index contributed by atoms with van der Waals surface area (Å²) in [5.41, 5.74) is 8.53. The van der Waals surface area contributed by atoms with Crippen LogP contribution < -0.4 is 10.9 Å². The molecular weight excluding hydrogens is 236 g/mol. The SMILES string of the molecule is CC1(C)NNC(=O)/C1=C\c1cccc(C(C)(C)C)c1. The van der Waals surface area contributed by atoms with Crippen molar-refractivity contribution in [1.29, 1.82) is 0 Å². The fourth-order valence-corrected chi connectivity index (χ4v) is 2.14. The number of hydrazine groups is 1. The standard InChI is InChI=1S/C16H22N2O/c1-15(2,3)12-8-6-7-11(9-12)10-13-14(19)17-18-16(13,4)5/h6-10,18H,1-5H3,(H,17,19)/b13-10+. The number of carbonyl (C=O) groups is 1. The van der Waals surface area contributed by atoms with Gasteiger partial charge in [-0.3, -0.25) is 10.2 Å². The van der Waals surface area contributed by atoms with E-state index in [1.165, 1.54) is 5.56 Å². The minimum absolute atomic E-state index is 0.0499. The number of benzene rings is 1. The van der Waals surface area contributed by atoms with Crippen molar-refractivity contribution in [3.63, 3.8) is 0 Å². The molecule has 2 rings (SSSR count). The van der Waals surface area contributed by atoms with Crippen LogP contribution in [0.1, 0.15) is 45.7 Å². The minimum atomic E-state index is -0.338. The molecule has 1 heterocycles. The molecule has 0 saturated carbocycles. The lowest BCUT2D eigenvalue weighted by Crippen LogP contribution is -2.38. The molecule has 0 aliphatic carbocycles. The molecule has 1 aromatic carbocycles. The normalized spacial score (nSPS) is 20.7. The van der Waals surface area contributed by atoms with Crippen molar-refractivity contribution in [2.24, 2.45) is 0 Å². The van der Waals surface area contributed by atoms with Gasteiger partial charge in [0.15, 0.2) is 0 Å². The Bertz CT molecular complexity index is 536. The van der Waals surface area contributed by atoms with Crippen molar-refractivity contribution in [3.8, 4) is 0 Å². The highest BCUT2D eigenvalue weighted by atomic mass is 16.2. The molecule has 0 radical (unpaired) electrons. The maximum Gasteiger partial charge on any atom is 0.263 e. The minimum Gasteiger partial charge on any atom is -0.287 e. The average molecular weight is 258 g/mol. The second-order valence-electron chi connectivity index (χ2n) is 6.64. The molecule has 0 unspecified atom stereocenters. The Morgan fingerprint density at radius 1 is 1.21 bits per heavy atom. The molecule has 1 aromatic rings. The van der Waals surface area contributed by atoms with E-state index in [0.717, 1.165) is 11.1 Å². The Balaban J connectivity index is 2.41. The third-order valence-electron chi connectivity index (χ3n) is 3.47. The number of rotatable bonds is 1. The Morgan fingerprint density at radius 3 is 2.42 bits per heavy atom. The van der Waals surface area contributed by atoms with Crippen molar-refractivity contribution in [2.75, 3.05) is 0 Å². The molecule has 0 atom stereocenters. The lowest BCUT2D eigenvalue weighted by Gasteiger charge is -2.20. The number of hydrogen-bond donors (Lipinski definition) is 2. The van der Waals surface area contributed by atoms with E-state index >= 15 is 0 Å². The van der Waals surface area contributed by atoms with Crippen LogP contribution in [0.15, 0.2) is 29.8 Å². The zero-order valence-corrected chi connectivity index (χ0v) is 12.3. The molecule has 0 spiro atoms. The van der Waals surface area contributed by atoms with Gasteiger partial charge in [-0.1, -0.05) is 45.0 Å². The Kier molecular flexibility index (Phi) is 3.27. The summed E-state index contributed by atoms with van der Waals surface area (Å²) in [4.78, 5) is 11.8. The molecule has 2 N–H and O–H groups in total. The zero-order chi connectivity index (χ0) is 14.3. The summed E-state index contributed by atoms with van der Waals surface area (Å²) in [6.07, 6.45) is 1.96. The zero-order valence-electron chi connectivity index (χ0n) is 12.3. The molecular formula is C16H22N2O. The highest BCUT2D eigenvalue weighted by Gasteiger charge is 2.34. The van der Waals surface area contributed by atoms with Crippen LogP contribution in [0.3, 0.4) is 0 Å². The summed E-state index contributed by atoms with van der Waals surface area (Å²) < 4.78 is 0. The van der Waals surface area contributed by atoms with Crippen LogP contribution in [0.2, 0.25) is 0 Å². The Morgan fingerprint density at radius 2 is 1.89 bits per heavy atom. The second kappa shape index (κ2) is 4.49. The van der Waals surface area contributed by atoms with Crippen LogP contribution in [0, 0.1) is 0 Å². The molecule has 3 nitrogen and oxygen atoms in total. The quantitative estimate of drug-likeness (QED) is 0.761.